The molecular weight excluding hydrogens is 512 g/mol. The molecule has 8 nitrogen and oxygen atoms in total. The van der Waals surface area contributed by atoms with Crippen LogP contribution in [0.25, 0.3) is 0 Å². The van der Waals surface area contributed by atoms with Gasteiger partial charge in [-0.2, -0.15) is 0 Å². The third kappa shape index (κ3) is 3.26. The summed E-state index contributed by atoms with van der Waals surface area (Å²) < 4.78 is 18.5. The summed E-state index contributed by atoms with van der Waals surface area (Å²) >= 11 is 0. The molecule has 0 bridgehead atoms. The zero-order chi connectivity index (χ0) is 28.6. The number of fused-ring (bicyclic) bond motifs is 4. The van der Waals surface area contributed by atoms with E-state index in [1.807, 2.05) is 0 Å². The van der Waals surface area contributed by atoms with Crippen LogP contribution in [0.1, 0.15) is 86.0 Å². The summed E-state index contributed by atoms with van der Waals surface area (Å²) in [5, 5.41) is 52.7. The zero-order valence-electron chi connectivity index (χ0n) is 25.0. The SMILES string of the molecule is C[C@@H]1C[C@@H](CO)OC2[C@H]1C1(C)CCC34CC35CC[C@H](OC3OC[C@@H](O)[C@H](O)[C@H]3O)C(C)(C)[C@@H]5CCC4[C@]1(C)[C@H]2O. The highest BCUT2D eigenvalue weighted by Crippen LogP contribution is 2.89. The van der Waals surface area contributed by atoms with Gasteiger partial charge in [-0.15, -0.1) is 0 Å². The standard InChI is InChI=1S/C32H52O8/c1-16-12-17(13-33)39-25-22(16)29(4)10-11-32-15-31(32)9-8-21(40-27-24(36)23(35)18(34)14-38-27)28(2,3)19(31)6-7-20(32)30(29,5)26(25)37/h16-27,33-37H,6-15H2,1-5H3/t16-,17+,18-,19+,20?,21+,22+,23+,24-,25?,26+,27?,29?,30-,31?,32?/m1/s1. The maximum Gasteiger partial charge on any atom is 0.186 e. The lowest BCUT2D eigenvalue weighted by atomic mass is 9.41. The van der Waals surface area contributed by atoms with Crippen molar-refractivity contribution in [3.05, 3.63) is 0 Å². The lowest BCUT2D eigenvalue weighted by molar-refractivity contribution is -0.303. The molecule has 7 rings (SSSR count). The predicted octanol–water partition coefficient (Wildman–Crippen LogP) is 2.62. The Hall–Kier alpha value is -0.320. The van der Waals surface area contributed by atoms with E-state index in [1.165, 1.54) is 12.8 Å². The molecule has 0 aromatic rings. The van der Waals surface area contributed by atoms with Gasteiger partial charge in [0.15, 0.2) is 6.29 Å². The van der Waals surface area contributed by atoms with Crippen molar-refractivity contribution in [1.82, 2.24) is 0 Å². The molecular formula is C32H52O8. The second-order valence-electron chi connectivity index (χ2n) is 16.2. The Labute approximate surface area is 238 Å². The normalized spacial score (nSPS) is 62.0. The Morgan fingerprint density at radius 1 is 0.875 bits per heavy atom. The molecule has 8 heteroatoms. The molecule has 0 aromatic heterocycles. The average Bonchev–Trinajstić information content (AvgIpc) is 3.55. The van der Waals surface area contributed by atoms with E-state index in [-0.39, 0.29) is 58.6 Å². The molecule has 6 unspecified atom stereocenters. The van der Waals surface area contributed by atoms with Gasteiger partial charge in [-0.25, -0.2) is 0 Å². The number of hydrogen-bond donors (Lipinski definition) is 5. The molecule has 2 heterocycles. The lowest BCUT2D eigenvalue weighted by Gasteiger charge is -2.64. The van der Waals surface area contributed by atoms with Crippen molar-refractivity contribution in [2.24, 2.45) is 50.7 Å². The molecule has 228 valence electrons. The first-order valence-electron chi connectivity index (χ1n) is 16.0. The van der Waals surface area contributed by atoms with E-state index < -0.39 is 30.7 Å². The molecule has 5 aliphatic carbocycles. The first-order valence-corrected chi connectivity index (χ1v) is 16.0. The van der Waals surface area contributed by atoms with Gasteiger partial charge in [0.05, 0.1) is 37.6 Å². The summed E-state index contributed by atoms with van der Waals surface area (Å²) in [6.07, 6.45) is 2.99. The van der Waals surface area contributed by atoms with Crippen molar-refractivity contribution in [2.75, 3.05) is 13.2 Å². The van der Waals surface area contributed by atoms with E-state index in [4.69, 9.17) is 14.2 Å². The molecule has 2 saturated heterocycles. The number of aliphatic hydroxyl groups is 5. The van der Waals surface area contributed by atoms with Gasteiger partial charge >= 0.3 is 0 Å². The molecule has 2 spiro atoms. The molecule has 0 radical (unpaired) electrons. The topological polar surface area (TPSA) is 129 Å². The molecule has 0 aromatic carbocycles. The molecule has 2 aliphatic heterocycles. The van der Waals surface area contributed by atoms with Crippen molar-refractivity contribution in [3.63, 3.8) is 0 Å². The maximum atomic E-state index is 12.1. The second kappa shape index (κ2) is 8.87. The molecule has 7 aliphatic rings. The van der Waals surface area contributed by atoms with Crippen LogP contribution >= 0.6 is 0 Å². The fourth-order valence-electron chi connectivity index (χ4n) is 12.8. The fraction of sp³-hybridized carbons (Fsp3) is 1.00. The third-order valence-electron chi connectivity index (χ3n) is 14.8. The highest BCUT2D eigenvalue weighted by molar-refractivity contribution is 5.32. The second-order valence-corrected chi connectivity index (χ2v) is 16.2. The number of aliphatic hydroxyl groups excluding tert-OH is 5. The number of hydrogen-bond acceptors (Lipinski definition) is 8. The molecule has 40 heavy (non-hydrogen) atoms. The van der Waals surface area contributed by atoms with Crippen LogP contribution in [0, 0.1) is 50.7 Å². The fourth-order valence-corrected chi connectivity index (χ4v) is 12.8. The Morgan fingerprint density at radius 3 is 2.30 bits per heavy atom. The Balaban J connectivity index is 1.16. The predicted molar refractivity (Wildman–Crippen MR) is 146 cm³/mol. The maximum absolute atomic E-state index is 12.1. The summed E-state index contributed by atoms with van der Waals surface area (Å²) in [5.41, 5.74) is 0.147. The van der Waals surface area contributed by atoms with E-state index in [0.717, 1.165) is 38.5 Å². The van der Waals surface area contributed by atoms with Gasteiger partial charge in [0.1, 0.15) is 18.3 Å². The largest absolute Gasteiger partial charge is 0.394 e. The summed E-state index contributed by atoms with van der Waals surface area (Å²) in [6, 6.07) is 0. The Bertz CT molecular complexity index is 1020. The van der Waals surface area contributed by atoms with Crippen LogP contribution in [-0.2, 0) is 14.2 Å². The minimum absolute atomic E-state index is 0.0130. The summed E-state index contributed by atoms with van der Waals surface area (Å²) in [6.45, 7) is 11.7. The van der Waals surface area contributed by atoms with Gasteiger partial charge in [0, 0.05) is 5.41 Å². The quantitative estimate of drug-likeness (QED) is 0.331. The van der Waals surface area contributed by atoms with Gasteiger partial charge < -0.3 is 39.7 Å². The first kappa shape index (κ1) is 28.5. The molecule has 7 fully saturated rings. The highest BCUT2D eigenvalue weighted by atomic mass is 16.7. The van der Waals surface area contributed by atoms with Crippen molar-refractivity contribution >= 4 is 0 Å². The van der Waals surface area contributed by atoms with E-state index in [0.29, 0.717) is 23.7 Å². The third-order valence-corrected chi connectivity index (χ3v) is 14.8. The van der Waals surface area contributed by atoms with Gasteiger partial charge in [0.2, 0.25) is 0 Å². The highest BCUT2D eigenvalue weighted by Gasteiger charge is 2.84. The zero-order valence-corrected chi connectivity index (χ0v) is 25.0. The minimum Gasteiger partial charge on any atom is -0.394 e. The van der Waals surface area contributed by atoms with Crippen LogP contribution in [0.3, 0.4) is 0 Å². The van der Waals surface area contributed by atoms with Crippen molar-refractivity contribution in [1.29, 1.82) is 0 Å². The van der Waals surface area contributed by atoms with Crippen LogP contribution in [0.15, 0.2) is 0 Å². The van der Waals surface area contributed by atoms with E-state index >= 15 is 0 Å². The van der Waals surface area contributed by atoms with Crippen LogP contribution in [0.5, 0.6) is 0 Å². The van der Waals surface area contributed by atoms with Crippen LogP contribution in [-0.4, -0.2) is 87.8 Å². The molecule has 16 atom stereocenters. The summed E-state index contributed by atoms with van der Waals surface area (Å²) in [5.74, 6) is 1.66. The van der Waals surface area contributed by atoms with E-state index in [1.54, 1.807) is 0 Å². The summed E-state index contributed by atoms with van der Waals surface area (Å²) in [7, 11) is 0. The Morgan fingerprint density at radius 2 is 1.57 bits per heavy atom. The molecule has 5 N–H and O–H groups in total. The average molecular weight is 565 g/mol. The smallest absolute Gasteiger partial charge is 0.186 e. The number of ether oxygens (including phenoxy) is 3. The Kier molecular flexibility index (Phi) is 6.31. The molecule has 5 saturated carbocycles. The van der Waals surface area contributed by atoms with Gasteiger partial charge in [-0.3, -0.25) is 0 Å². The monoisotopic (exact) mass is 564 g/mol. The number of rotatable bonds is 3. The van der Waals surface area contributed by atoms with Crippen molar-refractivity contribution < 1.29 is 39.7 Å². The van der Waals surface area contributed by atoms with Gasteiger partial charge in [-0.05, 0) is 96.7 Å². The van der Waals surface area contributed by atoms with Crippen LogP contribution in [0.4, 0.5) is 0 Å². The van der Waals surface area contributed by atoms with Crippen LogP contribution < -0.4 is 0 Å². The van der Waals surface area contributed by atoms with E-state index in [2.05, 4.69) is 34.6 Å². The lowest BCUT2D eigenvalue weighted by Crippen LogP contribution is -2.61. The van der Waals surface area contributed by atoms with Crippen LogP contribution in [0.2, 0.25) is 0 Å². The van der Waals surface area contributed by atoms with Crippen molar-refractivity contribution in [3.8, 4) is 0 Å². The summed E-state index contributed by atoms with van der Waals surface area (Å²) in [4.78, 5) is 0. The van der Waals surface area contributed by atoms with E-state index in [9.17, 15) is 25.5 Å². The van der Waals surface area contributed by atoms with Gasteiger partial charge in [-0.1, -0.05) is 34.6 Å². The first-order chi connectivity index (χ1) is 18.8. The minimum atomic E-state index is -1.27. The van der Waals surface area contributed by atoms with Gasteiger partial charge in [0.25, 0.3) is 0 Å². The molecule has 0 amide bonds. The van der Waals surface area contributed by atoms with Crippen molar-refractivity contribution in [2.45, 2.75) is 135 Å².